The van der Waals surface area contributed by atoms with Crippen LogP contribution in [0.5, 0.6) is 0 Å². The van der Waals surface area contributed by atoms with E-state index in [0.29, 0.717) is 4.32 Å². The molecule has 0 saturated heterocycles. The van der Waals surface area contributed by atoms with Crippen molar-refractivity contribution in [3.8, 4) is 0 Å². The maximum Gasteiger partial charge on any atom is 0.673 e. The molecule has 10 heteroatoms. The third-order valence-electron chi connectivity index (χ3n) is 4.94. The van der Waals surface area contributed by atoms with Gasteiger partial charge in [-0.05, 0) is 36.4 Å². The predicted octanol–water partition coefficient (Wildman–Crippen LogP) is 7.65. The molecule has 2 aliphatic rings. The summed E-state index contributed by atoms with van der Waals surface area (Å²) in [5.41, 5.74) is 0. The summed E-state index contributed by atoms with van der Waals surface area (Å²) in [6.45, 7) is 0. The second-order valence-corrected chi connectivity index (χ2v) is 16.5. The lowest BCUT2D eigenvalue weighted by molar-refractivity contribution is 0.368. The molecule has 0 radical (unpaired) electrons. The van der Waals surface area contributed by atoms with Crippen LogP contribution in [0, 0.1) is 0 Å². The summed E-state index contributed by atoms with van der Waals surface area (Å²) in [6.07, 6.45) is 0. The normalized spacial score (nSPS) is 16.7. The van der Waals surface area contributed by atoms with E-state index in [1.807, 2.05) is 0 Å². The molecule has 0 aromatic heterocycles. The van der Waals surface area contributed by atoms with E-state index in [0.717, 1.165) is 0 Å². The molecule has 0 N–H and O–H groups in total. The van der Waals surface area contributed by atoms with Crippen LogP contribution in [0.4, 0.5) is 17.3 Å². The zero-order valence-electron chi connectivity index (χ0n) is 17.3. The van der Waals surface area contributed by atoms with Crippen LogP contribution in [0.1, 0.15) is 0 Å². The second kappa shape index (κ2) is 11.2. The van der Waals surface area contributed by atoms with Crippen LogP contribution < -0.4 is 15.9 Å². The molecule has 0 nitrogen and oxygen atoms in total. The summed E-state index contributed by atoms with van der Waals surface area (Å²) in [5, 5.41) is 4.44. The number of thioether (sulfide) groups is 4. The standard InChI is InChI=1S/C23H20PS4.BF4/c1-4-10-18(11-5-1)24(19-12-6-2-7-13-19,20-14-8-3-9-15-20)23-27-21-22(28-23)26-17-16-25-21;2-1(3,4)5/h1-15,23H,16-17H2;/q+1;-1. The Morgan fingerprint density at radius 1 is 0.576 bits per heavy atom. The van der Waals surface area contributed by atoms with Gasteiger partial charge < -0.3 is 17.3 Å². The summed E-state index contributed by atoms with van der Waals surface area (Å²) in [7, 11) is -7.82. The second-order valence-electron chi connectivity index (χ2n) is 7.04. The Bertz CT molecular complexity index is 961. The van der Waals surface area contributed by atoms with Gasteiger partial charge in [0.15, 0.2) is 4.32 Å². The van der Waals surface area contributed by atoms with Gasteiger partial charge in [0.2, 0.25) is 0 Å². The first kappa shape index (κ1) is 25.1. The highest BCUT2D eigenvalue weighted by molar-refractivity contribution is 8.43. The third-order valence-corrected chi connectivity index (χ3v) is 17.1. The highest BCUT2D eigenvalue weighted by Gasteiger charge is 2.56. The van der Waals surface area contributed by atoms with Gasteiger partial charge in [-0.15, -0.1) is 23.5 Å². The third kappa shape index (κ3) is 5.99. The van der Waals surface area contributed by atoms with Crippen LogP contribution >= 0.6 is 54.3 Å². The molecule has 0 spiro atoms. The van der Waals surface area contributed by atoms with Gasteiger partial charge in [-0.2, -0.15) is 0 Å². The van der Waals surface area contributed by atoms with Crippen LogP contribution in [0.3, 0.4) is 0 Å². The molecule has 3 aromatic carbocycles. The summed E-state index contributed by atoms with van der Waals surface area (Å²) < 4.78 is 42.6. The predicted molar refractivity (Wildman–Crippen MR) is 146 cm³/mol. The Morgan fingerprint density at radius 2 is 0.879 bits per heavy atom. The summed E-state index contributed by atoms with van der Waals surface area (Å²) in [6, 6.07) is 33.8. The summed E-state index contributed by atoms with van der Waals surface area (Å²) >= 11 is 8.36. The van der Waals surface area contributed by atoms with E-state index >= 15 is 0 Å². The van der Waals surface area contributed by atoms with Crippen molar-refractivity contribution in [1.82, 2.24) is 0 Å². The molecule has 0 saturated carbocycles. The van der Waals surface area contributed by atoms with E-state index in [1.165, 1.54) is 27.4 Å². The van der Waals surface area contributed by atoms with Gasteiger partial charge >= 0.3 is 7.25 Å². The SMILES string of the molecule is F[B-](F)(F)F.c1ccc([P+](c2ccccc2)(c2ccccc2)C2SC3=C(SCCS3)S2)cc1. The maximum absolute atomic E-state index is 9.75. The van der Waals surface area contributed by atoms with Gasteiger partial charge in [-0.25, -0.2) is 0 Å². The molecule has 2 aliphatic heterocycles. The van der Waals surface area contributed by atoms with Crippen molar-refractivity contribution >= 4 is 77.5 Å². The first-order valence-electron chi connectivity index (χ1n) is 10.1. The monoisotopic (exact) mass is 542 g/mol. The van der Waals surface area contributed by atoms with Gasteiger partial charge in [0.25, 0.3) is 0 Å². The van der Waals surface area contributed by atoms with Crippen LogP contribution in [0.15, 0.2) is 99.5 Å². The molecule has 0 atom stereocenters. The van der Waals surface area contributed by atoms with Crippen LogP contribution in [0.25, 0.3) is 0 Å². The molecular weight excluding hydrogens is 522 g/mol. The fraction of sp³-hybridized carbons (Fsp3) is 0.130. The molecule has 172 valence electrons. The first-order valence-corrected chi connectivity index (χ1v) is 15.7. The topological polar surface area (TPSA) is 0 Å². The Labute approximate surface area is 209 Å². The number of halogens is 4. The van der Waals surface area contributed by atoms with E-state index in [1.54, 1.807) is 8.47 Å². The molecule has 5 rings (SSSR count). The van der Waals surface area contributed by atoms with Gasteiger partial charge in [-0.1, -0.05) is 78.1 Å². The molecule has 0 bridgehead atoms. The average Bonchev–Trinajstić information content (AvgIpc) is 3.25. The lowest BCUT2D eigenvalue weighted by Crippen LogP contribution is -2.35. The Morgan fingerprint density at radius 3 is 1.18 bits per heavy atom. The van der Waals surface area contributed by atoms with Crippen LogP contribution in [-0.4, -0.2) is 23.1 Å². The Hall–Kier alpha value is -0.985. The fourth-order valence-corrected chi connectivity index (χ4v) is 17.7. The van der Waals surface area contributed by atoms with Gasteiger partial charge in [0.05, 0.1) is 8.47 Å². The van der Waals surface area contributed by atoms with Crippen molar-refractivity contribution in [2.75, 3.05) is 11.5 Å². The van der Waals surface area contributed by atoms with E-state index in [-0.39, 0.29) is 0 Å². The molecular formula is C23H20BF4PS4. The minimum atomic E-state index is -6.00. The average molecular weight is 542 g/mol. The largest absolute Gasteiger partial charge is 0.673 e. The molecule has 2 heterocycles. The van der Waals surface area contributed by atoms with Gasteiger partial charge in [0, 0.05) is 11.5 Å². The van der Waals surface area contributed by atoms with Crippen molar-refractivity contribution in [2.45, 2.75) is 4.32 Å². The highest BCUT2D eigenvalue weighted by atomic mass is 32.3. The van der Waals surface area contributed by atoms with Crippen molar-refractivity contribution < 1.29 is 17.3 Å². The molecule has 33 heavy (non-hydrogen) atoms. The lowest BCUT2D eigenvalue weighted by Gasteiger charge is -2.31. The number of benzene rings is 3. The van der Waals surface area contributed by atoms with Crippen LogP contribution in [-0.2, 0) is 0 Å². The summed E-state index contributed by atoms with van der Waals surface area (Å²) in [5.74, 6) is 2.47. The smallest absolute Gasteiger partial charge is 0.418 e. The van der Waals surface area contributed by atoms with E-state index in [9.17, 15) is 17.3 Å². The maximum atomic E-state index is 9.75. The quantitative estimate of drug-likeness (QED) is 0.189. The number of hydrogen-bond acceptors (Lipinski definition) is 4. The van der Waals surface area contributed by atoms with Gasteiger partial charge in [-0.3, -0.25) is 0 Å². The van der Waals surface area contributed by atoms with Crippen LogP contribution in [0.2, 0.25) is 0 Å². The molecule has 3 aromatic rings. The number of hydrogen-bond donors (Lipinski definition) is 0. The lowest BCUT2D eigenvalue weighted by atomic mass is 10.3. The molecule has 0 aliphatic carbocycles. The zero-order valence-corrected chi connectivity index (χ0v) is 21.5. The van der Waals surface area contributed by atoms with Crippen molar-refractivity contribution in [3.05, 3.63) is 99.5 Å². The summed E-state index contributed by atoms with van der Waals surface area (Å²) in [4.78, 5) is 0. The minimum Gasteiger partial charge on any atom is -0.418 e. The highest BCUT2D eigenvalue weighted by Crippen LogP contribution is 2.74. The van der Waals surface area contributed by atoms with Crippen molar-refractivity contribution in [3.63, 3.8) is 0 Å². The van der Waals surface area contributed by atoms with E-state index in [4.69, 9.17) is 0 Å². The minimum absolute atomic E-state index is 0.489. The molecule has 0 amide bonds. The Balaban J connectivity index is 0.000000471. The van der Waals surface area contributed by atoms with Crippen molar-refractivity contribution in [2.24, 2.45) is 0 Å². The van der Waals surface area contributed by atoms with Gasteiger partial charge in [0.1, 0.15) is 23.2 Å². The first-order chi connectivity index (χ1) is 15.9. The molecule has 0 unspecified atom stereocenters. The number of rotatable bonds is 4. The van der Waals surface area contributed by atoms with E-state index in [2.05, 4.69) is 138 Å². The Kier molecular flexibility index (Phi) is 8.50. The fourth-order valence-electron chi connectivity index (χ4n) is 3.72. The van der Waals surface area contributed by atoms with E-state index < -0.39 is 14.5 Å². The zero-order chi connectivity index (χ0) is 23.3. The van der Waals surface area contributed by atoms with Crippen molar-refractivity contribution in [1.29, 1.82) is 0 Å². The molecule has 0 fully saturated rings.